The number of ether oxygens (including phenoxy) is 1. The molecule has 198 valence electrons. The van der Waals surface area contributed by atoms with Crippen molar-refractivity contribution in [2.45, 2.75) is 57.4 Å². The van der Waals surface area contributed by atoms with E-state index < -0.39 is 23.8 Å². The maximum absolute atomic E-state index is 14.0. The highest BCUT2D eigenvalue weighted by molar-refractivity contribution is 5.52. The summed E-state index contributed by atoms with van der Waals surface area (Å²) in [7, 11) is 0. The van der Waals surface area contributed by atoms with Gasteiger partial charge < -0.3 is 14.7 Å². The average molecular weight is 520 g/mol. The molecule has 3 aromatic rings. The van der Waals surface area contributed by atoms with E-state index in [-0.39, 0.29) is 24.6 Å². The Balaban J connectivity index is 1.60. The van der Waals surface area contributed by atoms with E-state index in [1.165, 1.54) is 12.1 Å². The van der Waals surface area contributed by atoms with E-state index >= 15 is 0 Å². The van der Waals surface area contributed by atoms with Gasteiger partial charge in [0.05, 0.1) is 6.10 Å². The summed E-state index contributed by atoms with van der Waals surface area (Å²) in [4.78, 5) is 1.78. The molecule has 1 fully saturated rings. The van der Waals surface area contributed by atoms with Gasteiger partial charge in [-0.1, -0.05) is 50.2 Å². The zero-order valence-corrected chi connectivity index (χ0v) is 20.7. The first-order valence-electron chi connectivity index (χ1n) is 12.3. The van der Waals surface area contributed by atoms with Crippen LogP contribution in [0.5, 0.6) is 11.5 Å². The number of aliphatic hydroxyl groups excluding tert-OH is 1. The molecule has 37 heavy (non-hydrogen) atoms. The highest BCUT2D eigenvalue weighted by atomic mass is 19.4. The zero-order chi connectivity index (χ0) is 26.8. The molecule has 8 heteroatoms. The van der Waals surface area contributed by atoms with Gasteiger partial charge in [0.25, 0.3) is 0 Å². The fourth-order valence-electron chi connectivity index (χ4n) is 4.18. The molecule has 1 aliphatic rings. The van der Waals surface area contributed by atoms with Crippen molar-refractivity contribution in [3.63, 3.8) is 0 Å². The number of nitrogens with zero attached hydrogens (tertiary/aromatic N) is 1. The molecule has 0 radical (unpaired) electrons. The first-order chi connectivity index (χ1) is 17.4. The van der Waals surface area contributed by atoms with Crippen LogP contribution in [0.2, 0.25) is 0 Å². The molecule has 1 aliphatic carbocycles. The smallest absolute Gasteiger partial charge is 0.457 e. The van der Waals surface area contributed by atoms with Gasteiger partial charge in [0, 0.05) is 30.4 Å². The summed E-state index contributed by atoms with van der Waals surface area (Å²) < 4.78 is 72.8. The van der Waals surface area contributed by atoms with Gasteiger partial charge in [-0.25, -0.2) is 0 Å². The predicted molar refractivity (Wildman–Crippen MR) is 133 cm³/mol. The van der Waals surface area contributed by atoms with Crippen LogP contribution in [0.3, 0.4) is 0 Å². The highest BCUT2D eigenvalue weighted by Crippen LogP contribution is 2.44. The number of rotatable bonds is 10. The normalized spacial score (nSPS) is 15.1. The molecule has 1 N–H and O–H groups in total. The lowest BCUT2D eigenvalue weighted by Crippen LogP contribution is -2.34. The second-order valence-electron chi connectivity index (χ2n) is 9.88. The van der Waals surface area contributed by atoms with E-state index in [9.17, 15) is 27.1 Å². The maximum Gasteiger partial charge on any atom is 0.458 e. The minimum absolute atomic E-state index is 0.0395. The molecule has 0 saturated heterocycles. The van der Waals surface area contributed by atoms with Crippen LogP contribution in [0.25, 0.3) is 0 Å². The van der Waals surface area contributed by atoms with E-state index in [4.69, 9.17) is 4.74 Å². The van der Waals surface area contributed by atoms with Gasteiger partial charge in [-0.05, 0) is 66.1 Å². The summed E-state index contributed by atoms with van der Waals surface area (Å²) in [6.07, 6.45) is -4.53. The largest absolute Gasteiger partial charge is 0.458 e. The standard InChI is InChI=1S/C29H30F5NO2/c1-19(2)22-7-4-10-25(15-22)37-26-11-5-9-24(16-26)35(18-27(36)21-12-13-21)17-20-6-3-8-23(14-20)28(30,31)29(32,33)34/h3-11,14-16,19,21,27,36H,12-13,17-18H2,1-2H3. The summed E-state index contributed by atoms with van der Waals surface area (Å²) in [5.41, 5.74) is 0.950. The minimum Gasteiger partial charge on any atom is -0.457 e. The third-order valence-electron chi connectivity index (χ3n) is 6.54. The third-order valence-corrected chi connectivity index (χ3v) is 6.54. The Kier molecular flexibility index (Phi) is 7.78. The lowest BCUT2D eigenvalue weighted by atomic mass is 10.0. The van der Waals surface area contributed by atoms with Crippen molar-refractivity contribution in [1.29, 1.82) is 0 Å². The summed E-state index contributed by atoms with van der Waals surface area (Å²) in [6.45, 7) is 4.42. The van der Waals surface area contributed by atoms with Crippen LogP contribution in [-0.4, -0.2) is 23.9 Å². The molecule has 0 bridgehead atoms. The Labute approximate surface area is 213 Å². The molecular formula is C29H30F5NO2. The van der Waals surface area contributed by atoms with Gasteiger partial charge in [-0.15, -0.1) is 0 Å². The monoisotopic (exact) mass is 519 g/mol. The van der Waals surface area contributed by atoms with Gasteiger partial charge in [-0.3, -0.25) is 0 Å². The summed E-state index contributed by atoms with van der Waals surface area (Å²) in [6, 6.07) is 19.2. The summed E-state index contributed by atoms with van der Waals surface area (Å²) in [5.74, 6) is -3.27. The molecule has 4 rings (SSSR count). The van der Waals surface area contributed by atoms with E-state index in [2.05, 4.69) is 13.8 Å². The van der Waals surface area contributed by atoms with Crippen molar-refractivity contribution in [3.8, 4) is 11.5 Å². The lowest BCUT2D eigenvalue weighted by Gasteiger charge is -2.28. The van der Waals surface area contributed by atoms with Crippen LogP contribution >= 0.6 is 0 Å². The first-order valence-corrected chi connectivity index (χ1v) is 12.3. The Morgan fingerprint density at radius 1 is 0.892 bits per heavy atom. The van der Waals surface area contributed by atoms with Crippen LogP contribution in [0.1, 0.15) is 49.3 Å². The lowest BCUT2D eigenvalue weighted by molar-refractivity contribution is -0.289. The van der Waals surface area contributed by atoms with Crippen molar-refractivity contribution in [1.82, 2.24) is 0 Å². The quantitative estimate of drug-likeness (QED) is 0.275. The second kappa shape index (κ2) is 10.7. The Morgan fingerprint density at radius 3 is 2.19 bits per heavy atom. The number of halogens is 5. The maximum atomic E-state index is 14.0. The van der Waals surface area contributed by atoms with Crippen molar-refractivity contribution in [2.24, 2.45) is 5.92 Å². The summed E-state index contributed by atoms with van der Waals surface area (Å²) >= 11 is 0. The number of hydrogen-bond acceptors (Lipinski definition) is 3. The van der Waals surface area contributed by atoms with Gasteiger partial charge in [0.2, 0.25) is 0 Å². The molecule has 3 nitrogen and oxygen atoms in total. The van der Waals surface area contributed by atoms with Crippen LogP contribution in [0.15, 0.2) is 72.8 Å². The Bertz CT molecular complexity index is 1210. The third kappa shape index (κ3) is 6.60. The molecule has 1 saturated carbocycles. The number of benzene rings is 3. The average Bonchev–Trinajstić information content (AvgIpc) is 3.69. The predicted octanol–water partition coefficient (Wildman–Crippen LogP) is 8.03. The molecule has 1 atom stereocenters. The van der Waals surface area contributed by atoms with E-state index in [0.29, 0.717) is 23.1 Å². The topological polar surface area (TPSA) is 32.7 Å². The van der Waals surface area contributed by atoms with Crippen molar-refractivity contribution in [2.75, 3.05) is 11.4 Å². The molecule has 1 unspecified atom stereocenters. The van der Waals surface area contributed by atoms with Crippen molar-refractivity contribution < 1.29 is 31.8 Å². The second-order valence-corrected chi connectivity index (χ2v) is 9.88. The molecule has 0 aromatic heterocycles. The number of anilines is 1. The van der Waals surface area contributed by atoms with Crippen molar-refractivity contribution >= 4 is 5.69 Å². The van der Waals surface area contributed by atoms with E-state index in [1.807, 2.05) is 24.3 Å². The molecular weight excluding hydrogens is 489 g/mol. The fraction of sp³-hybridized carbons (Fsp3) is 0.379. The molecule has 0 aliphatic heterocycles. The molecule has 3 aromatic carbocycles. The van der Waals surface area contributed by atoms with Crippen molar-refractivity contribution in [3.05, 3.63) is 89.5 Å². The Morgan fingerprint density at radius 2 is 1.54 bits per heavy atom. The minimum atomic E-state index is -5.69. The fourth-order valence-corrected chi connectivity index (χ4v) is 4.18. The number of hydrogen-bond donors (Lipinski definition) is 1. The van der Waals surface area contributed by atoms with Gasteiger partial charge >= 0.3 is 12.1 Å². The van der Waals surface area contributed by atoms with Crippen LogP contribution in [0.4, 0.5) is 27.6 Å². The van der Waals surface area contributed by atoms with Crippen LogP contribution < -0.4 is 9.64 Å². The van der Waals surface area contributed by atoms with E-state index in [0.717, 1.165) is 30.5 Å². The number of alkyl halides is 5. The van der Waals surface area contributed by atoms with Crippen LogP contribution in [-0.2, 0) is 12.5 Å². The highest BCUT2D eigenvalue weighted by Gasteiger charge is 2.58. The molecule has 0 spiro atoms. The van der Waals surface area contributed by atoms with Crippen LogP contribution in [0, 0.1) is 5.92 Å². The SMILES string of the molecule is CC(C)c1cccc(Oc2cccc(N(Cc3cccc(C(F)(F)C(F)(F)F)c3)CC(O)C3CC3)c2)c1. The van der Waals surface area contributed by atoms with Gasteiger partial charge in [-0.2, -0.15) is 22.0 Å². The van der Waals surface area contributed by atoms with Gasteiger partial charge in [0.15, 0.2) is 0 Å². The molecule has 0 amide bonds. The van der Waals surface area contributed by atoms with E-state index in [1.54, 1.807) is 29.2 Å². The molecule has 0 heterocycles. The number of aliphatic hydroxyl groups is 1. The van der Waals surface area contributed by atoms with Gasteiger partial charge in [0.1, 0.15) is 11.5 Å². The summed E-state index contributed by atoms with van der Waals surface area (Å²) in [5, 5.41) is 10.6. The Hall–Kier alpha value is -3.13. The first kappa shape index (κ1) is 26.9. The zero-order valence-electron chi connectivity index (χ0n) is 20.7.